The maximum Gasteiger partial charge on any atom is 0.251 e. The molecule has 2 heterocycles. The van der Waals surface area contributed by atoms with E-state index in [-0.39, 0.29) is 11.9 Å². The molecule has 30 heavy (non-hydrogen) atoms. The van der Waals surface area contributed by atoms with Gasteiger partial charge in [-0.1, -0.05) is 42.5 Å². The molecular formula is C24H27N2O3S+. The number of quaternary nitrogens is 1. The van der Waals surface area contributed by atoms with Crippen LogP contribution in [0.1, 0.15) is 26.8 Å². The molecule has 0 saturated carbocycles. The van der Waals surface area contributed by atoms with E-state index in [0.717, 1.165) is 31.9 Å². The SMILES string of the molecule is O=C(NC[C@H](c1cccs1)[NH+]1CCOCC1)c1cccc(OCc2ccccc2)c1. The molecule has 4 rings (SSSR count). The van der Waals surface area contributed by atoms with Crippen LogP contribution in [0.5, 0.6) is 5.75 Å². The molecule has 3 aromatic rings. The average Bonchev–Trinajstić information content (AvgIpc) is 3.34. The van der Waals surface area contributed by atoms with Crippen molar-refractivity contribution in [3.05, 3.63) is 88.1 Å². The van der Waals surface area contributed by atoms with Crippen LogP contribution in [0.3, 0.4) is 0 Å². The van der Waals surface area contributed by atoms with E-state index in [1.54, 1.807) is 17.4 Å². The van der Waals surface area contributed by atoms with Crippen LogP contribution < -0.4 is 15.0 Å². The largest absolute Gasteiger partial charge is 0.489 e. The van der Waals surface area contributed by atoms with Gasteiger partial charge in [-0.25, -0.2) is 0 Å². The van der Waals surface area contributed by atoms with Gasteiger partial charge < -0.3 is 19.7 Å². The van der Waals surface area contributed by atoms with E-state index in [4.69, 9.17) is 9.47 Å². The van der Waals surface area contributed by atoms with Crippen LogP contribution in [-0.2, 0) is 11.3 Å². The Bertz CT molecular complexity index is 925. The van der Waals surface area contributed by atoms with Crippen LogP contribution >= 0.6 is 11.3 Å². The third-order valence-corrected chi connectivity index (χ3v) is 6.31. The summed E-state index contributed by atoms with van der Waals surface area (Å²) in [4.78, 5) is 15.6. The Kier molecular flexibility index (Phi) is 7.13. The molecule has 1 saturated heterocycles. The third kappa shape index (κ3) is 5.48. The molecule has 6 heteroatoms. The van der Waals surface area contributed by atoms with Gasteiger partial charge >= 0.3 is 0 Å². The monoisotopic (exact) mass is 423 g/mol. The van der Waals surface area contributed by atoms with Crippen LogP contribution in [0.2, 0.25) is 0 Å². The number of thiophene rings is 1. The summed E-state index contributed by atoms with van der Waals surface area (Å²) in [6.45, 7) is 4.54. The summed E-state index contributed by atoms with van der Waals surface area (Å²) in [7, 11) is 0. The Labute approximate surface area is 181 Å². The number of hydrogen-bond donors (Lipinski definition) is 2. The van der Waals surface area contributed by atoms with Gasteiger partial charge in [0.05, 0.1) is 24.6 Å². The topological polar surface area (TPSA) is 52.0 Å². The minimum atomic E-state index is -0.0747. The van der Waals surface area contributed by atoms with Gasteiger partial charge in [-0.2, -0.15) is 0 Å². The fourth-order valence-corrected chi connectivity index (χ4v) is 4.57. The molecule has 0 spiro atoms. The Hall–Kier alpha value is -2.67. The molecule has 1 aromatic heterocycles. The van der Waals surface area contributed by atoms with Gasteiger partial charge in [-0.3, -0.25) is 4.79 Å². The molecule has 1 amide bonds. The lowest BCUT2D eigenvalue weighted by molar-refractivity contribution is -0.937. The van der Waals surface area contributed by atoms with Crippen LogP contribution in [-0.4, -0.2) is 38.8 Å². The first-order valence-electron chi connectivity index (χ1n) is 10.3. The summed E-state index contributed by atoms with van der Waals surface area (Å²) >= 11 is 1.75. The highest BCUT2D eigenvalue weighted by atomic mass is 32.1. The quantitative estimate of drug-likeness (QED) is 0.586. The van der Waals surface area contributed by atoms with Crippen molar-refractivity contribution in [1.82, 2.24) is 5.32 Å². The van der Waals surface area contributed by atoms with E-state index in [9.17, 15) is 4.79 Å². The number of hydrogen-bond acceptors (Lipinski definition) is 4. The zero-order valence-electron chi connectivity index (χ0n) is 16.9. The van der Waals surface area contributed by atoms with Gasteiger partial charge in [0.2, 0.25) is 0 Å². The predicted molar refractivity (Wildman–Crippen MR) is 118 cm³/mol. The second-order valence-corrected chi connectivity index (χ2v) is 8.33. The lowest BCUT2D eigenvalue weighted by Crippen LogP contribution is -3.15. The van der Waals surface area contributed by atoms with Crippen molar-refractivity contribution in [3.63, 3.8) is 0 Å². The van der Waals surface area contributed by atoms with Crippen molar-refractivity contribution in [2.24, 2.45) is 0 Å². The Morgan fingerprint density at radius 3 is 2.67 bits per heavy atom. The van der Waals surface area contributed by atoms with Gasteiger partial charge in [0.15, 0.2) is 0 Å². The maximum absolute atomic E-state index is 12.8. The van der Waals surface area contributed by atoms with Crippen LogP contribution in [0.4, 0.5) is 0 Å². The number of rotatable bonds is 8. The first-order chi connectivity index (χ1) is 14.8. The normalized spacial score (nSPS) is 15.5. The minimum absolute atomic E-state index is 0.0747. The zero-order valence-corrected chi connectivity index (χ0v) is 17.7. The van der Waals surface area contributed by atoms with E-state index in [0.29, 0.717) is 24.5 Å². The highest BCUT2D eigenvalue weighted by Crippen LogP contribution is 2.18. The summed E-state index contributed by atoms with van der Waals surface area (Å²) in [5.74, 6) is 0.620. The van der Waals surface area contributed by atoms with Gasteiger partial charge in [-0.05, 0) is 35.2 Å². The fraction of sp³-hybridized carbons (Fsp3) is 0.292. The molecule has 156 valence electrons. The summed E-state index contributed by atoms with van der Waals surface area (Å²) in [5, 5.41) is 5.23. The van der Waals surface area contributed by atoms with Gasteiger partial charge in [-0.15, -0.1) is 11.3 Å². The van der Waals surface area contributed by atoms with Crippen molar-refractivity contribution in [2.75, 3.05) is 32.8 Å². The lowest BCUT2D eigenvalue weighted by Gasteiger charge is -2.31. The van der Waals surface area contributed by atoms with Crippen molar-refractivity contribution in [3.8, 4) is 5.75 Å². The third-order valence-electron chi connectivity index (χ3n) is 5.33. The molecule has 0 radical (unpaired) electrons. The molecular weight excluding hydrogens is 396 g/mol. The van der Waals surface area contributed by atoms with Gasteiger partial charge in [0.25, 0.3) is 5.91 Å². The number of nitrogens with one attached hydrogen (secondary N) is 2. The molecule has 1 aliphatic rings. The molecule has 1 atom stereocenters. The molecule has 1 aliphatic heterocycles. The van der Waals surface area contributed by atoms with Crippen LogP contribution in [0, 0.1) is 0 Å². The number of carbonyl (C=O) groups excluding carboxylic acids is 1. The molecule has 0 unspecified atom stereocenters. The number of ether oxygens (including phenoxy) is 2. The van der Waals surface area contributed by atoms with Crippen molar-refractivity contribution < 1.29 is 19.2 Å². The fourth-order valence-electron chi connectivity index (χ4n) is 3.68. The number of carbonyl (C=O) groups is 1. The molecule has 2 aromatic carbocycles. The van der Waals surface area contributed by atoms with E-state index in [1.807, 2.05) is 48.5 Å². The predicted octanol–water partition coefficient (Wildman–Crippen LogP) is 2.71. The Balaban J connectivity index is 1.37. The van der Waals surface area contributed by atoms with Gasteiger partial charge in [0.1, 0.15) is 31.5 Å². The van der Waals surface area contributed by atoms with E-state index in [1.165, 1.54) is 9.78 Å². The first kappa shape index (κ1) is 20.6. The van der Waals surface area contributed by atoms with E-state index in [2.05, 4.69) is 22.8 Å². The lowest BCUT2D eigenvalue weighted by atomic mass is 10.1. The molecule has 1 fully saturated rings. The molecule has 0 aliphatic carbocycles. The maximum atomic E-state index is 12.8. The van der Waals surface area contributed by atoms with Crippen LogP contribution in [0.25, 0.3) is 0 Å². The van der Waals surface area contributed by atoms with Gasteiger partial charge in [0, 0.05) is 5.56 Å². The smallest absolute Gasteiger partial charge is 0.251 e. The van der Waals surface area contributed by atoms with E-state index < -0.39 is 0 Å². The van der Waals surface area contributed by atoms with Crippen LogP contribution in [0.15, 0.2) is 72.1 Å². The number of benzene rings is 2. The highest BCUT2D eigenvalue weighted by Gasteiger charge is 2.27. The van der Waals surface area contributed by atoms with Crippen molar-refractivity contribution in [2.45, 2.75) is 12.6 Å². The summed E-state index contributed by atoms with van der Waals surface area (Å²) in [6.07, 6.45) is 0. The standard InChI is InChI=1S/C24H26N2O3S/c27-24(20-8-4-9-21(16-20)29-18-19-6-2-1-3-7-19)25-17-22(23-10-5-15-30-23)26-11-13-28-14-12-26/h1-10,15-16,22H,11-14,17-18H2,(H,25,27)/p+1/t22-/m1/s1. The second-order valence-electron chi connectivity index (χ2n) is 7.35. The summed E-state index contributed by atoms with van der Waals surface area (Å²) in [5.41, 5.74) is 1.71. The molecule has 2 N–H and O–H groups in total. The van der Waals surface area contributed by atoms with E-state index >= 15 is 0 Å². The minimum Gasteiger partial charge on any atom is -0.489 e. The Morgan fingerprint density at radius 1 is 1.07 bits per heavy atom. The summed E-state index contributed by atoms with van der Waals surface area (Å²) in [6, 6.07) is 21.9. The number of amides is 1. The van der Waals surface area contributed by atoms with Crippen molar-refractivity contribution in [1.29, 1.82) is 0 Å². The second kappa shape index (κ2) is 10.4. The summed E-state index contributed by atoms with van der Waals surface area (Å²) < 4.78 is 11.4. The van der Waals surface area contributed by atoms with Crippen molar-refractivity contribution >= 4 is 17.2 Å². The molecule has 0 bridgehead atoms. The first-order valence-corrected chi connectivity index (χ1v) is 11.2. The average molecular weight is 424 g/mol. The molecule has 5 nitrogen and oxygen atoms in total. The Morgan fingerprint density at radius 2 is 1.90 bits per heavy atom. The zero-order chi connectivity index (χ0) is 20.6. The highest BCUT2D eigenvalue weighted by molar-refractivity contribution is 7.10. The number of morpholine rings is 1.